The second kappa shape index (κ2) is 11.6. The normalized spacial score (nSPS) is 11.8. The first kappa shape index (κ1) is 23.7. The van der Waals surface area contributed by atoms with Crippen LogP contribution in [-0.4, -0.2) is 29.3 Å². The molecule has 4 nitrogen and oxygen atoms in total. The Morgan fingerprint density at radius 1 is 0.906 bits per heavy atom. The van der Waals surface area contributed by atoms with Gasteiger partial charge < -0.3 is 10.2 Å². The zero-order chi connectivity index (χ0) is 22.9. The van der Waals surface area contributed by atoms with Crippen molar-refractivity contribution in [3.63, 3.8) is 0 Å². The van der Waals surface area contributed by atoms with Crippen LogP contribution in [0.3, 0.4) is 0 Å². The van der Waals surface area contributed by atoms with Gasteiger partial charge in [-0.1, -0.05) is 88.7 Å². The number of carbonyl (C=O) groups is 2. The Bertz CT molecular complexity index is 985. The maximum absolute atomic E-state index is 13.7. The van der Waals surface area contributed by atoms with E-state index in [0.29, 0.717) is 13.1 Å². The molecule has 3 rings (SSSR count). The lowest BCUT2D eigenvalue weighted by atomic mass is 9.88. The molecule has 3 aromatic carbocycles. The lowest BCUT2D eigenvalue weighted by Crippen LogP contribution is -2.47. The minimum absolute atomic E-state index is 0.0542. The third-order valence-electron chi connectivity index (χ3n) is 5.54. The fourth-order valence-electron chi connectivity index (χ4n) is 3.83. The summed E-state index contributed by atoms with van der Waals surface area (Å²) in [6.45, 7) is 4.57. The van der Waals surface area contributed by atoms with Gasteiger partial charge in [0.2, 0.25) is 11.8 Å². The van der Waals surface area contributed by atoms with Crippen molar-refractivity contribution < 1.29 is 9.59 Å². The van der Waals surface area contributed by atoms with Crippen molar-refractivity contribution in [1.82, 2.24) is 10.2 Å². The van der Waals surface area contributed by atoms with Crippen LogP contribution < -0.4 is 5.32 Å². The van der Waals surface area contributed by atoms with Gasteiger partial charge in [0.1, 0.15) is 6.04 Å². The molecule has 166 valence electrons. The van der Waals surface area contributed by atoms with Crippen molar-refractivity contribution in [3.05, 3.63) is 106 Å². The Kier molecular flexibility index (Phi) is 8.63. The van der Waals surface area contributed by atoms with Crippen molar-refractivity contribution in [2.75, 3.05) is 6.54 Å². The minimum Gasteiger partial charge on any atom is -0.355 e. The number of nitrogens with zero attached hydrogens (tertiary/aromatic N) is 1. The number of hydrogen-bond donors (Lipinski definition) is 1. The topological polar surface area (TPSA) is 49.4 Å². The average Bonchev–Trinajstić information content (AvgIpc) is 2.81. The van der Waals surface area contributed by atoms with Crippen LogP contribution in [0.15, 0.2) is 89.4 Å². The van der Waals surface area contributed by atoms with Gasteiger partial charge in [0.15, 0.2) is 0 Å². The smallest absolute Gasteiger partial charge is 0.242 e. The highest BCUT2D eigenvalue weighted by Crippen LogP contribution is 2.29. The molecule has 0 saturated heterocycles. The Hall–Kier alpha value is -2.92. The molecule has 0 radical (unpaired) electrons. The van der Waals surface area contributed by atoms with Crippen molar-refractivity contribution in [2.45, 2.75) is 38.8 Å². The number of likely N-dealkylation sites (N-methyl/N-ethyl adjacent to an activating group) is 1. The highest BCUT2D eigenvalue weighted by atomic mass is 79.9. The SMILES string of the molecule is CCNC(=O)[C@H](C)N(Cc1cccc(Br)c1)C(=O)CC(c1ccccc1)c1ccccc1. The predicted molar refractivity (Wildman–Crippen MR) is 132 cm³/mol. The van der Waals surface area contributed by atoms with Gasteiger partial charge in [-0.15, -0.1) is 0 Å². The van der Waals surface area contributed by atoms with Gasteiger partial charge in [-0.25, -0.2) is 0 Å². The Labute approximate surface area is 198 Å². The first-order chi connectivity index (χ1) is 15.5. The molecule has 1 N–H and O–H groups in total. The molecular formula is C27H29BrN2O2. The molecule has 5 heteroatoms. The zero-order valence-corrected chi connectivity index (χ0v) is 20.1. The Morgan fingerprint density at radius 3 is 2.03 bits per heavy atom. The van der Waals surface area contributed by atoms with E-state index >= 15 is 0 Å². The molecule has 0 bridgehead atoms. The molecule has 2 amide bonds. The summed E-state index contributed by atoms with van der Waals surface area (Å²) in [5.41, 5.74) is 3.14. The maximum Gasteiger partial charge on any atom is 0.242 e. The molecule has 32 heavy (non-hydrogen) atoms. The van der Waals surface area contributed by atoms with Gasteiger partial charge in [-0.05, 0) is 42.7 Å². The summed E-state index contributed by atoms with van der Waals surface area (Å²) >= 11 is 3.50. The van der Waals surface area contributed by atoms with E-state index in [-0.39, 0.29) is 24.2 Å². The lowest BCUT2D eigenvalue weighted by molar-refractivity contribution is -0.140. The maximum atomic E-state index is 13.7. The molecule has 0 aliphatic heterocycles. The van der Waals surface area contributed by atoms with Crippen molar-refractivity contribution in [3.8, 4) is 0 Å². The largest absolute Gasteiger partial charge is 0.355 e. The number of carbonyl (C=O) groups excluding carboxylic acids is 2. The van der Waals surface area contributed by atoms with Gasteiger partial charge in [0.05, 0.1) is 0 Å². The second-order valence-electron chi connectivity index (χ2n) is 7.80. The molecule has 0 heterocycles. The van der Waals surface area contributed by atoms with Crippen LogP contribution in [0.2, 0.25) is 0 Å². The fourth-order valence-corrected chi connectivity index (χ4v) is 4.27. The quantitative estimate of drug-likeness (QED) is 0.427. The lowest BCUT2D eigenvalue weighted by Gasteiger charge is -2.30. The summed E-state index contributed by atoms with van der Waals surface area (Å²) in [5.74, 6) is -0.287. The fraction of sp³-hybridized carbons (Fsp3) is 0.259. The van der Waals surface area contributed by atoms with Crippen LogP contribution in [0, 0.1) is 0 Å². The molecule has 0 aliphatic carbocycles. The highest BCUT2D eigenvalue weighted by molar-refractivity contribution is 9.10. The van der Waals surface area contributed by atoms with Gasteiger partial charge in [0, 0.05) is 29.9 Å². The van der Waals surface area contributed by atoms with Crippen LogP contribution in [0.25, 0.3) is 0 Å². The molecular weight excluding hydrogens is 464 g/mol. The van der Waals surface area contributed by atoms with Crippen molar-refractivity contribution in [2.24, 2.45) is 0 Å². The average molecular weight is 493 g/mol. The zero-order valence-electron chi connectivity index (χ0n) is 18.5. The molecule has 0 unspecified atom stereocenters. The number of halogens is 1. The molecule has 0 saturated carbocycles. The first-order valence-corrected chi connectivity index (χ1v) is 11.7. The second-order valence-corrected chi connectivity index (χ2v) is 8.72. The highest BCUT2D eigenvalue weighted by Gasteiger charge is 2.28. The molecule has 0 spiro atoms. The van der Waals surface area contributed by atoms with Gasteiger partial charge in [0.25, 0.3) is 0 Å². The van der Waals surface area contributed by atoms with Gasteiger partial charge >= 0.3 is 0 Å². The standard InChI is InChI=1S/C27H29BrN2O2/c1-3-29-27(32)20(2)30(19-21-11-10-16-24(28)17-21)26(31)18-25(22-12-6-4-7-13-22)23-14-8-5-9-15-23/h4-17,20,25H,3,18-19H2,1-2H3,(H,29,32)/t20-/m0/s1. The van der Waals surface area contributed by atoms with E-state index in [9.17, 15) is 9.59 Å². The Morgan fingerprint density at radius 2 is 1.50 bits per heavy atom. The Balaban J connectivity index is 1.91. The number of nitrogens with one attached hydrogen (secondary N) is 1. The summed E-state index contributed by atoms with van der Waals surface area (Å²) in [6, 6.07) is 27.4. The molecule has 0 fully saturated rings. The molecule has 3 aromatic rings. The van der Waals surface area contributed by atoms with E-state index in [2.05, 4.69) is 45.5 Å². The number of rotatable bonds is 9. The molecule has 1 atom stereocenters. The van der Waals surface area contributed by atoms with Crippen molar-refractivity contribution in [1.29, 1.82) is 0 Å². The van der Waals surface area contributed by atoms with Crippen LogP contribution in [0.5, 0.6) is 0 Å². The monoisotopic (exact) mass is 492 g/mol. The van der Waals surface area contributed by atoms with E-state index in [1.54, 1.807) is 11.8 Å². The number of hydrogen-bond acceptors (Lipinski definition) is 2. The summed E-state index contributed by atoms with van der Waals surface area (Å²) < 4.78 is 0.944. The number of benzene rings is 3. The third-order valence-corrected chi connectivity index (χ3v) is 6.04. The van der Waals surface area contributed by atoms with E-state index < -0.39 is 6.04 Å². The number of amides is 2. The summed E-state index contributed by atoms with van der Waals surface area (Å²) in [6.07, 6.45) is 0.284. The minimum atomic E-state index is -0.575. The van der Waals surface area contributed by atoms with Crippen LogP contribution in [-0.2, 0) is 16.1 Å². The third kappa shape index (κ3) is 6.30. The van der Waals surface area contributed by atoms with E-state index in [1.165, 1.54) is 0 Å². The van der Waals surface area contributed by atoms with E-state index in [1.807, 2.05) is 67.6 Å². The van der Waals surface area contributed by atoms with Gasteiger partial charge in [-0.3, -0.25) is 9.59 Å². The summed E-state index contributed by atoms with van der Waals surface area (Å²) in [5, 5.41) is 2.85. The van der Waals surface area contributed by atoms with E-state index in [0.717, 1.165) is 21.2 Å². The van der Waals surface area contributed by atoms with Crippen molar-refractivity contribution >= 4 is 27.7 Å². The first-order valence-electron chi connectivity index (χ1n) is 10.9. The summed E-state index contributed by atoms with van der Waals surface area (Å²) in [7, 11) is 0. The van der Waals surface area contributed by atoms with Gasteiger partial charge in [-0.2, -0.15) is 0 Å². The molecule has 0 aromatic heterocycles. The van der Waals surface area contributed by atoms with Crippen LogP contribution in [0.1, 0.15) is 42.9 Å². The predicted octanol–water partition coefficient (Wildman–Crippen LogP) is 5.52. The van der Waals surface area contributed by atoms with Crippen LogP contribution >= 0.6 is 15.9 Å². The van der Waals surface area contributed by atoms with E-state index in [4.69, 9.17) is 0 Å². The van der Waals surface area contributed by atoms with Crippen LogP contribution in [0.4, 0.5) is 0 Å². The summed E-state index contributed by atoms with van der Waals surface area (Å²) in [4.78, 5) is 28.0. The molecule has 0 aliphatic rings.